The van der Waals surface area contributed by atoms with Crippen molar-refractivity contribution in [3.05, 3.63) is 24.1 Å². The highest BCUT2D eigenvalue weighted by molar-refractivity contribution is 5.40. The topological polar surface area (TPSA) is 28.6 Å². The Labute approximate surface area is 125 Å². The molecule has 4 nitrogen and oxygen atoms in total. The number of ether oxygens (including phenoxy) is 1. The molecule has 0 amide bonds. The molecule has 116 valence electrons. The summed E-state index contributed by atoms with van der Waals surface area (Å²) in [6, 6.07) is 3.09. The van der Waals surface area contributed by atoms with E-state index in [9.17, 15) is 4.39 Å². The van der Waals surface area contributed by atoms with Crippen LogP contribution in [0.3, 0.4) is 0 Å². The van der Waals surface area contributed by atoms with Crippen LogP contribution in [0.1, 0.15) is 25.7 Å². The molecule has 0 aromatic carbocycles. The molecule has 2 aliphatic heterocycles. The second-order valence-corrected chi connectivity index (χ2v) is 5.94. The molecule has 2 aliphatic rings. The minimum absolute atomic E-state index is 0.205. The lowest BCUT2D eigenvalue weighted by atomic mass is 10.1. The van der Waals surface area contributed by atoms with Crippen molar-refractivity contribution >= 4 is 5.82 Å². The Balaban J connectivity index is 1.41. The Morgan fingerprint density at radius 2 is 2.10 bits per heavy atom. The Hall–Kier alpha value is -1.20. The molecular weight excluding hydrogens is 269 g/mol. The standard InChI is InChI=1S/C16H24FN3O/c17-15-5-4-7-18-16(15)20-10-6-14(13-20)21-12-11-19-8-2-1-3-9-19/h4-5,7,14H,1-3,6,8-13H2. The number of hydrogen-bond donors (Lipinski definition) is 0. The number of likely N-dealkylation sites (tertiary alicyclic amines) is 1. The van der Waals surface area contributed by atoms with E-state index in [0.29, 0.717) is 5.82 Å². The Bertz CT molecular complexity index is 451. The molecule has 0 bridgehead atoms. The van der Waals surface area contributed by atoms with Gasteiger partial charge in [-0.05, 0) is 44.5 Å². The van der Waals surface area contributed by atoms with Crippen LogP contribution in [0.2, 0.25) is 0 Å². The van der Waals surface area contributed by atoms with Crippen molar-refractivity contribution in [2.75, 3.05) is 44.2 Å². The lowest BCUT2D eigenvalue weighted by Crippen LogP contribution is -2.34. The van der Waals surface area contributed by atoms with Crippen molar-refractivity contribution in [3.8, 4) is 0 Å². The number of anilines is 1. The molecule has 0 spiro atoms. The number of hydrogen-bond acceptors (Lipinski definition) is 4. The third-order valence-corrected chi connectivity index (χ3v) is 4.39. The van der Waals surface area contributed by atoms with Gasteiger partial charge in [-0.3, -0.25) is 0 Å². The number of aromatic nitrogens is 1. The van der Waals surface area contributed by atoms with E-state index in [0.717, 1.165) is 32.7 Å². The van der Waals surface area contributed by atoms with Gasteiger partial charge in [0, 0.05) is 25.8 Å². The summed E-state index contributed by atoms with van der Waals surface area (Å²) in [5.74, 6) is 0.214. The average Bonchev–Trinajstić information content (AvgIpc) is 2.97. The first-order valence-electron chi connectivity index (χ1n) is 8.02. The van der Waals surface area contributed by atoms with Gasteiger partial charge in [-0.25, -0.2) is 9.37 Å². The quantitative estimate of drug-likeness (QED) is 0.833. The molecule has 2 saturated heterocycles. The summed E-state index contributed by atoms with van der Waals surface area (Å²) in [5.41, 5.74) is 0. The summed E-state index contributed by atoms with van der Waals surface area (Å²) in [6.45, 7) is 5.78. The normalized spacial score (nSPS) is 23.7. The minimum Gasteiger partial charge on any atom is -0.375 e. The molecule has 21 heavy (non-hydrogen) atoms. The summed E-state index contributed by atoms with van der Waals surface area (Å²) in [4.78, 5) is 8.60. The molecule has 3 heterocycles. The van der Waals surface area contributed by atoms with Crippen molar-refractivity contribution in [2.24, 2.45) is 0 Å². The molecule has 3 rings (SSSR count). The maximum atomic E-state index is 13.7. The average molecular weight is 293 g/mol. The SMILES string of the molecule is Fc1cccnc1N1CCC(OCCN2CCCCC2)C1. The van der Waals surface area contributed by atoms with Crippen LogP contribution >= 0.6 is 0 Å². The van der Waals surface area contributed by atoms with Crippen molar-refractivity contribution in [3.63, 3.8) is 0 Å². The highest BCUT2D eigenvalue weighted by Crippen LogP contribution is 2.22. The molecule has 1 atom stereocenters. The van der Waals surface area contributed by atoms with E-state index in [1.165, 1.54) is 38.4 Å². The van der Waals surface area contributed by atoms with Crippen LogP contribution in [0.4, 0.5) is 10.2 Å². The molecule has 0 radical (unpaired) electrons. The van der Waals surface area contributed by atoms with Gasteiger partial charge in [0.1, 0.15) is 0 Å². The van der Waals surface area contributed by atoms with E-state index >= 15 is 0 Å². The van der Waals surface area contributed by atoms with E-state index in [2.05, 4.69) is 9.88 Å². The molecular formula is C16H24FN3O. The molecule has 1 aromatic rings. The number of piperidine rings is 1. The second-order valence-electron chi connectivity index (χ2n) is 5.94. The lowest BCUT2D eigenvalue weighted by Gasteiger charge is -2.26. The van der Waals surface area contributed by atoms with Gasteiger partial charge in [-0.1, -0.05) is 6.42 Å². The van der Waals surface area contributed by atoms with Crippen LogP contribution < -0.4 is 4.90 Å². The van der Waals surface area contributed by atoms with Gasteiger partial charge >= 0.3 is 0 Å². The smallest absolute Gasteiger partial charge is 0.165 e. The Kier molecular flexibility index (Phi) is 5.04. The third-order valence-electron chi connectivity index (χ3n) is 4.39. The summed E-state index contributed by atoms with van der Waals surface area (Å²) in [6.07, 6.45) is 6.80. The molecule has 0 aliphatic carbocycles. The zero-order chi connectivity index (χ0) is 14.5. The fraction of sp³-hybridized carbons (Fsp3) is 0.688. The van der Waals surface area contributed by atoms with Gasteiger partial charge in [0.05, 0.1) is 12.7 Å². The van der Waals surface area contributed by atoms with Crippen molar-refractivity contribution < 1.29 is 9.13 Å². The molecule has 0 saturated carbocycles. The second kappa shape index (κ2) is 7.18. The highest BCUT2D eigenvalue weighted by Gasteiger charge is 2.25. The van der Waals surface area contributed by atoms with Gasteiger partial charge in [0.2, 0.25) is 0 Å². The minimum atomic E-state index is -0.244. The van der Waals surface area contributed by atoms with Gasteiger partial charge in [-0.2, -0.15) is 0 Å². The maximum Gasteiger partial charge on any atom is 0.165 e. The number of halogens is 1. The number of rotatable bonds is 5. The summed E-state index contributed by atoms with van der Waals surface area (Å²) in [7, 11) is 0. The molecule has 2 fully saturated rings. The van der Waals surface area contributed by atoms with Crippen LogP contribution in [0.25, 0.3) is 0 Å². The largest absolute Gasteiger partial charge is 0.375 e. The van der Waals surface area contributed by atoms with Gasteiger partial charge in [-0.15, -0.1) is 0 Å². The predicted octanol–water partition coefficient (Wildman–Crippen LogP) is 2.30. The summed E-state index contributed by atoms with van der Waals surface area (Å²) in [5, 5.41) is 0. The highest BCUT2D eigenvalue weighted by atomic mass is 19.1. The van der Waals surface area contributed by atoms with Gasteiger partial charge in [0.25, 0.3) is 0 Å². The molecule has 5 heteroatoms. The van der Waals surface area contributed by atoms with Crippen LogP contribution in [0.5, 0.6) is 0 Å². The van der Waals surface area contributed by atoms with Crippen molar-refractivity contribution in [1.29, 1.82) is 0 Å². The van der Waals surface area contributed by atoms with Crippen molar-refractivity contribution in [2.45, 2.75) is 31.8 Å². The molecule has 1 unspecified atom stereocenters. The fourth-order valence-electron chi connectivity index (χ4n) is 3.20. The van der Waals surface area contributed by atoms with Crippen LogP contribution in [-0.4, -0.2) is 55.3 Å². The number of pyridine rings is 1. The zero-order valence-corrected chi connectivity index (χ0v) is 12.5. The lowest BCUT2D eigenvalue weighted by molar-refractivity contribution is 0.0466. The van der Waals surface area contributed by atoms with E-state index in [-0.39, 0.29) is 11.9 Å². The first kappa shape index (κ1) is 14.7. The van der Waals surface area contributed by atoms with Gasteiger partial charge < -0.3 is 14.5 Å². The zero-order valence-electron chi connectivity index (χ0n) is 12.5. The Morgan fingerprint density at radius 3 is 2.90 bits per heavy atom. The van der Waals surface area contributed by atoms with Crippen LogP contribution in [0.15, 0.2) is 18.3 Å². The van der Waals surface area contributed by atoms with E-state index < -0.39 is 0 Å². The first-order valence-corrected chi connectivity index (χ1v) is 8.02. The van der Waals surface area contributed by atoms with Crippen LogP contribution in [-0.2, 0) is 4.74 Å². The van der Waals surface area contributed by atoms with E-state index in [1.54, 1.807) is 12.3 Å². The Morgan fingerprint density at radius 1 is 1.24 bits per heavy atom. The molecule has 0 N–H and O–H groups in total. The van der Waals surface area contributed by atoms with E-state index in [1.807, 2.05) is 4.90 Å². The molecule has 1 aromatic heterocycles. The maximum absolute atomic E-state index is 13.7. The summed E-state index contributed by atoms with van der Waals surface area (Å²) >= 11 is 0. The van der Waals surface area contributed by atoms with E-state index in [4.69, 9.17) is 4.74 Å². The van der Waals surface area contributed by atoms with Crippen LogP contribution in [0, 0.1) is 5.82 Å². The van der Waals surface area contributed by atoms with Gasteiger partial charge in [0.15, 0.2) is 11.6 Å². The third kappa shape index (κ3) is 3.92. The number of nitrogens with zero attached hydrogens (tertiary/aromatic N) is 3. The predicted molar refractivity (Wildman–Crippen MR) is 81.1 cm³/mol. The monoisotopic (exact) mass is 293 g/mol. The summed E-state index contributed by atoms with van der Waals surface area (Å²) < 4.78 is 19.7. The van der Waals surface area contributed by atoms with Crippen molar-refractivity contribution in [1.82, 2.24) is 9.88 Å². The first-order chi connectivity index (χ1) is 10.3. The fourth-order valence-corrected chi connectivity index (χ4v) is 3.20.